The van der Waals surface area contributed by atoms with Gasteiger partial charge in [-0.05, 0) is 46.2 Å². The van der Waals surface area contributed by atoms with Gasteiger partial charge in [0.25, 0.3) is 5.91 Å². The van der Waals surface area contributed by atoms with Crippen LogP contribution in [-0.2, 0) is 9.53 Å². The number of ether oxygens (including phenoxy) is 2. The van der Waals surface area contributed by atoms with Gasteiger partial charge < -0.3 is 14.8 Å². The molecule has 0 fully saturated rings. The van der Waals surface area contributed by atoms with E-state index in [-0.39, 0.29) is 12.0 Å². The van der Waals surface area contributed by atoms with Crippen molar-refractivity contribution in [3.05, 3.63) is 23.8 Å². The number of hydrogen-bond donors (Lipinski definition) is 1. The van der Waals surface area contributed by atoms with E-state index in [9.17, 15) is 10.1 Å². The lowest BCUT2D eigenvalue weighted by Crippen LogP contribution is -2.42. The van der Waals surface area contributed by atoms with Gasteiger partial charge in [0.1, 0.15) is 17.4 Å². The minimum absolute atomic E-state index is 0.0211. The summed E-state index contributed by atoms with van der Waals surface area (Å²) in [6, 6.07) is 7.16. The summed E-state index contributed by atoms with van der Waals surface area (Å²) < 4.78 is 11.2. The Bertz CT molecular complexity index is 570. The van der Waals surface area contributed by atoms with Gasteiger partial charge in [-0.1, -0.05) is 13.3 Å². The first kappa shape index (κ1) is 19.0. The lowest BCUT2D eigenvalue weighted by atomic mass is 9.98. The van der Waals surface area contributed by atoms with E-state index in [1.807, 2.05) is 27.7 Å². The molecule has 0 saturated carbocycles. The van der Waals surface area contributed by atoms with Crippen LogP contribution in [0.4, 0.5) is 5.69 Å². The molecule has 0 aliphatic heterocycles. The van der Waals surface area contributed by atoms with E-state index in [1.54, 1.807) is 25.1 Å². The van der Waals surface area contributed by atoms with Gasteiger partial charge in [-0.3, -0.25) is 4.79 Å². The fraction of sp³-hybridized carbons (Fsp3) is 0.556. The Balaban J connectivity index is 2.99. The second-order valence-corrected chi connectivity index (χ2v) is 5.85. The quantitative estimate of drug-likeness (QED) is 0.789. The Morgan fingerprint density at radius 1 is 1.39 bits per heavy atom. The van der Waals surface area contributed by atoms with E-state index < -0.39 is 5.60 Å². The van der Waals surface area contributed by atoms with Crippen molar-refractivity contribution >= 4 is 11.6 Å². The SMILES string of the molecule is CCC[C@@](C)(OCC)C(=O)Nc1ccc(OC(C)C)cc1C#N. The molecular weight excluding hydrogens is 292 g/mol. The van der Waals surface area contributed by atoms with Gasteiger partial charge in [-0.2, -0.15) is 5.26 Å². The van der Waals surface area contributed by atoms with Gasteiger partial charge in [0.2, 0.25) is 0 Å². The van der Waals surface area contributed by atoms with Crippen molar-refractivity contribution in [2.75, 3.05) is 11.9 Å². The maximum atomic E-state index is 12.6. The summed E-state index contributed by atoms with van der Waals surface area (Å²) in [6.45, 7) is 9.93. The highest BCUT2D eigenvalue weighted by atomic mass is 16.5. The minimum atomic E-state index is -0.899. The van der Waals surface area contributed by atoms with Gasteiger partial charge in [-0.25, -0.2) is 0 Å². The molecular formula is C18H26N2O3. The van der Waals surface area contributed by atoms with E-state index in [0.29, 0.717) is 30.0 Å². The van der Waals surface area contributed by atoms with Crippen molar-refractivity contribution in [2.24, 2.45) is 0 Å². The fourth-order valence-corrected chi connectivity index (χ4v) is 2.37. The van der Waals surface area contributed by atoms with Gasteiger partial charge in [0.05, 0.1) is 17.4 Å². The standard InChI is InChI=1S/C18H26N2O3/c1-6-10-18(5,22-7-2)17(21)20-16-9-8-15(23-13(3)4)11-14(16)12-19/h8-9,11,13H,6-7,10H2,1-5H3,(H,20,21)/t18-/m1/s1. The second kappa shape index (κ2) is 8.54. The molecule has 0 radical (unpaired) electrons. The molecule has 23 heavy (non-hydrogen) atoms. The Morgan fingerprint density at radius 3 is 2.61 bits per heavy atom. The molecule has 1 amide bonds. The summed E-state index contributed by atoms with van der Waals surface area (Å²) in [7, 11) is 0. The number of amides is 1. The van der Waals surface area contributed by atoms with Crippen molar-refractivity contribution in [2.45, 2.75) is 59.2 Å². The van der Waals surface area contributed by atoms with Gasteiger partial charge in [-0.15, -0.1) is 0 Å². The zero-order valence-corrected chi connectivity index (χ0v) is 14.6. The summed E-state index contributed by atoms with van der Waals surface area (Å²) in [5, 5.41) is 12.1. The van der Waals surface area contributed by atoms with E-state index in [1.165, 1.54) is 0 Å². The molecule has 0 heterocycles. The Morgan fingerprint density at radius 2 is 2.09 bits per heavy atom. The first-order chi connectivity index (χ1) is 10.9. The second-order valence-electron chi connectivity index (χ2n) is 5.85. The zero-order chi connectivity index (χ0) is 17.5. The molecule has 1 N–H and O–H groups in total. The van der Waals surface area contributed by atoms with Gasteiger partial charge >= 0.3 is 0 Å². The molecule has 0 aromatic heterocycles. The number of carbonyl (C=O) groups excluding carboxylic acids is 1. The number of nitrogens with one attached hydrogen (secondary N) is 1. The summed E-state index contributed by atoms with van der Waals surface area (Å²) in [4.78, 5) is 12.6. The van der Waals surface area contributed by atoms with Crippen LogP contribution in [0.5, 0.6) is 5.75 Å². The summed E-state index contributed by atoms with van der Waals surface area (Å²) in [6.07, 6.45) is 1.46. The number of carbonyl (C=O) groups is 1. The summed E-state index contributed by atoms with van der Waals surface area (Å²) in [5.41, 5.74) is -0.0638. The highest BCUT2D eigenvalue weighted by molar-refractivity contribution is 5.98. The Kier molecular flexibility index (Phi) is 7.05. The van der Waals surface area contributed by atoms with Crippen molar-refractivity contribution in [1.82, 2.24) is 0 Å². The van der Waals surface area contributed by atoms with Crippen LogP contribution < -0.4 is 10.1 Å². The number of rotatable bonds is 8. The van der Waals surface area contributed by atoms with Gasteiger partial charge in [0.15, 0.2) is 0 Å². The van der Waals surface area contributed by atoms with Crippen LogP contribution in [0.25, 0.3) is 0 Å². The van der Waals surface area contributed by atoms with Crippen molar-refractivity contribution in [3.63, 3.8) is 0 Å². The van der Waals surface area contributed by atoms with Gasteiger partial charge in [0, 0.05) is 12.7 Å². The largest absolute Gasteiger partial charge is 0.491 e. The van der Waals surface area contributed by atoms with Crippen molar-refractivity contribution in [3.8, 4) is 11.8 Å². The predicted molar refractivity (Wildman–Crippen MR) is 90.5 cm³/mol. The monoisotopic (exact) mass is 318 g/mol. The lowest BCUT2D eigenvalue weighted by molar-refractivity contribution is -0.139. The molecule has 0 saturated heterocycles. The average Bonchev–Trinajstić information content (AvgIpc) is 2.48. The number of hydrogen-bond acceptors (Lipinski definition) is 4. The Labute approximate surface area is 138 Å². The molecule has 126 valence electrons. The third-order valence-electron chi connectivity index (χ3n) is 3.40. The highest BCUT2D eigenvalue weighted by Crippen LogP contribution is 2.25. The van der Waals surface area contributed by atoms with E-state index in [2.05, 4.69) is 11.4 Å². The summed E-state index contributed by atoms with van der Waals surface area (Å²) in [5.74, 6) is 0.367. The third-order valence-corrected chi connectivity index (χ3v) is 3.40. The topological polar surface area (TPSA) is 71.3 Å². The van der Waals surface area contributed by atoms with Crippen LogP contribution in [-0.4, -0.2) is 24.2 Å². The smallest absolute Gasteiger partial charge is 0.256 e. The van der Waals surface area contributed by atoms with Crippen LogP contribution in [0.3, 0.4) is 0 Å². The lowest BCUT2D eigenvalue weighted by Gasteiger charge is -2.28. The minimum Gasteiger partial charge on any atom is -0.491 e. The molecule has 0 aliphatic rings. The molecule has 0 spiro atoms. The fourth-order valence-electron chi connectivity index (χ4n) is 2.37. The molecule has 1 aromatic rings. The van der Waals surface area contributed by atoms with Crippen LogP contribution >= 0.6 is 0 Å². The molecule has 0 bridgehead atoms. The normalized spacial score (nSPS) is 13.3. The first-order valence-electron chi connectivity index (χ1n) is 8.02. The molecule has 1 aromatic carbocycles. The van der Waals surface area contributed by atoms with Crippen molar-refractivity contribution in [1.29, 1.82) is 5.26 Å². The molecule has 1 rings (SSSR count). The number of anilines is 1. The maximum Gasteiger partial charge on any atom is 0.256 e. The van der Waals surface area contributed by atoms with Crippen LogP contribution in [0.15, 0.2) is 18.2 Å². The number of nitriles is 1. The average molecular weight is 318 g/mol. The maximum absolute atomic E-state index is 12.6. The van der Waals surface area contributed by atoms with E-state index in [0.717, 1.165) is 6.42 Å². The van der Waals surface area contributed by atoms with Crippen molar-refractivity contribution < 1.29 is 14.3 Å². The van der Waals surface area contributed by atoms with Crippen LogP contribution in [0.1, 0.15) is 53.0 Å². The number of nitrogens with zero attached hydrogens (tertiary/aromatic N) is 1. The molecule has 5 nitrogen and oxygen atoms in total. The first-order valence-corrected chi connectivity index (χ1v) is 8.02. The molecule has 1 atom stereocenters. The third kappa shape index (κ3) is 5.26. The molecule has 5 heteroatoms. The highest BCUT2D eigenvalue weighted by Gasteiger charge is 2.33. The predicted octanol–water partition coefficient (Wildman–Crippen LogP) is 3.88. The summed E-state index contributed by atoms with van der Waals surface area (Å²) >= 11 is 0. The molecule has 0 aliphatic carbocycles. The zero-order valence-electron chi connectivity index (χ0n) is 14.6. The Hall–Kier alpha value is -2.06. The van der Waals surface area contributed by atoms with Crippen LogP contribution in [0, 0.1) is 11.3 Å². The van der Waals surface area contributed by atoms with Crippen LogP contribution in [0.2, 0.25) is 0 Å². The number of benzene rings is 1. The molecule has 0 unspecified atom stereocenters. The van der Waals surface area contributed by atoms with E-state index >= 15 is 0 Å². The van der Waals surface area contributed by atoms with E-state index in [4.69, 9.17) is 9.47 Å².